The highest BCUT2D eigenvalue weighted by molar-refractivity contribution is 5.76. The quantitative estimate of drug-likeness (QED) is 0.665. The minimum absolute atomic E-state index is 0.111. The molecule has 1 aliphatic rings. The van der Waals surface area contributed by atoms with Gasteiger partial charge in [0.25, 0.3) is 0 Å². The van der Waals surface area contributed by atoms with Crippen molar-refractivity contribution in [3.63, 3.8) is 0 Å². The molecule has 0 spiro atoms. The highest BCUT2D eigenvalue weighted by Gasteiger charge is 2.27. The fourth-order valence-corrected chi connectivity index (χ4v) is 3.21. The molecule has 1 saturated carbocycles. The van der Waals surface area contributed by atoms with Crippen LogP contribution in [0.5, 0.6) is 0 Å². The van der Waals surface area contributed by atoms with Gasteiger partial charge in [-0.2, -0.15) is 0 Å². The van der Waals surface area contributed by atoms with Gasteiger partial charge in [0.15, 0.2) is 0 Å². The molecule has 0 aromatic rings. The van der Waals surface area contributed by atoms with Gasteiger partial charge in [-0.1, -0.05) is 20.3 Å². The van der Waals surface area contributed by atoms with Crippen LogP contribution in [0.2, 0.25) is 0 Å². The molecule has 0 heterocycles. The van der Waals surface area contributed by atoms with Gasteiger partial charge in [0.05, 0.1) is 6.61 Å². The van der Waals surface area contributed by atoms with Crippen molar-refractivity contribution in [2.24, 2.45) is 5.92 Å². The lowest BCUT2D eigenvalue weighted by molar-refractivity contribution is -0.146. The van der Waals surface area contributed by atoms with Crippen LogP contribution in [-0.2, 0) is 9.53 Å². The van der Waals surface area contributed by atoms with Crippen molar-refractivity contribution in [2.75, 3.05) is 26.7 Å². The number of ether oxygens (including phenoxy) is 1. The molecule has 0 amide bonds. The van der Waals surface area contributed by atoms with Crippen LogP contribution in [0.4, 0.5) is 0 Å². The van der Waals surface area contributed by atoms with Crippen LogP contribution in [0.25, 0.3) is 0 Å². The first-order valence-corrected chi connectivity index (χ1v) is 8.72. The van der Waals surface area contributed by atoms with Gasteiger partial charge in [0.1, 0.15) is 6.04 Å². The lowest BCUT2D eigenvalue weighted by atomic mass is 9.84. The predicted molar refractivity (Wildman–Crippen MR) is 87.4 cm³/mol. The second-order valence-electron chi connectivity index (χ2n) is 6.28. The lowest BCUT2D eigenvalue weighted by Gasteiger charge is -2.36. The summed E-state index contributed by atoms with van der Waals surface area (Å²) in [5, 5.41) is 3.33. The van der Waals surface area contributed by atoms with Crippen LogP contribution in [-0.4, -0.2) is 49.7 Å². The van der Waals surface area contributed by atoms with E-state index in [2.05, 4.69) is 31.1 Å². The highest BCUT2D eigenvalue weighted by atomic mass is 16.5. The molecule has 0 radical (unpaired) electrons. The summed E-state index contributed by atoms with van der Waals surface area (Å²) >= 11 is 0. The van der Waals surface area contributed by atoms with E-state index in [1.165, 1.54) is 32.1 Å². The summed E-state index contributed by atoms with van der Waals surface area (Å²) in [7, 11) is 2.15. The highest BCUT2D eigenvalue weighted by Crippen LogP contribution is 2.28. The number of nitrogens with zero attached hydrogens (tertiary/aromatic N) is 1. The summed E-state index contributed by atoms with van der Waals surface area (Å²) in [6.45, 7) is 8.34. The minimum atomic E-state index is -0.196. The number of likely N-dealkylation sites (N-methyl/N-ethyl adjacent to an activating group) is 1. The van der Waals surface area contributed by atoms with Gasteiger partial charge in [-0.15, -0.1) is 0 Å². The number of esters is 1. The minimum Gasteiger partial charge on any atom is -0.465 e. The smallest absolute Gasteiger partial charge is 0.324 e. The van der Waals surface area contributed by atoms with Crippen molar-refractivity contribution >= 4 is 5.97 Å². The van der Waals surface area contributed by atoms with Crippen LogP contribution < -0.4 is 5.32 Å². The van der Waals surface area contributed by atoms with Crippen molar-refractivity contribution in [3.8, 4) is 0 Å². The van der Waals surface area contributed by atoms with E-state index in [0.29, 0.717) is 12.6 Å². The monoisotopic (exact) mass is 298 g/mol. The van der Waals surface area contributed by atoms with E-state index >= 15 is 0 Å². The second kappa shape index (κ2) is 10.2. The third-order valence-corrected chi connectivity index (χ3v) is 4.70. The third-order valence-electron chi connectivity index (χ3n) is 4.70. The molecule has 0 aliphatic heterocycles. The van der Waals surface area contributed by atoms with Crippen molar-refractivity contribution < 1.29 is 9.53 Å². The molecular formula is C17H34N2O2. The van der Waals surface area contributed by atoms with E-state index in [0.717, 1.165) is 25.4 Å². The Bertz CT molecular complexity index is 289. The molecule has 124 valence electrons. The zero-order valence-corrected chi connectivity index (χ0v) is 14.4. The van der Waals surface area contributed by atoms with Gasteiger partial charge in [0, 0.05) is 12.6 Å². The summed E-state index contributed by atoms with van der Waals surface area (Å²) in [5.41, 5.74) is 0. The van der Waals surface area contributed by atoms with Gasteiger partial charge in [-0.3, -0.25) is 4.79 Å². The molecule has 0 bridgehead atoms. The number of rotatable bonds is 9. The Balaban J connectivity index is 2.47. The molecule has 0 aromatic heterocycles. The molecule has 0 aromatic carbocycles. The standard InChI is InChI=1S/C17H34N2O2/c1-5-12-18-16(17(20)21-7-3)13-19(4)15-10-8-14(6-2)9-11-15/h14-16,18H,5-13H2,1-4H3. The molecule has 1 unspecified atom stereocenters. The fraction of sp³-hybridized carbons (Fsp3) is 0.941. The van der Waals surface area contributed by atoms with E-state index in [1.54, 1.807) is 0 Å². The van der Waals surface area contributed by atoms with Crippen LogP contribution >= 0.6 is 0 Å². The summed E-state index contributed by atoms with van der Waals surface area (Å²) < 4.78 is 5.20. The van der Waals surface area contributed by atoms with Crippen LogP contribution in [0, 0.1) is 5.92 Å². The number of hydrogen-bond donors (Lipinski definition) is 1. The Morgan fingerprint density at radius 3 is 2.43 bits per heavy atom. The molecule has 21 heavy (non-hydrogen) atoms. The van der Waals surface area contributed by atoms with E-state index in [9.17, 15) is 4.79 Å². The molecule has 1 N–H and O–H groups in total. The van der Waals surface area contributed by atoms with Crippen molar-refractivity contribution in [2.45, 2.75) is 71.4 Å². The van der Waals surface area contributed by atoms with Gasteiger partial charge in [-0.25, -0.2) is 0 Å². The Morgan fingerprint density at radius 2 is 1.90 bits per heavy atom. The molecular weight excluding hydrogens is 264 g/mol. The Labute approximate surface area is 130 Å². The summed E-state index contributed by atoms with van der Waals surface area (Å²) in [5.74, 6) is 0.800. The van der Waals surface area contributed by atoms with Gasteiger partial charge in [-0.05, 0) is 58.5 Å². The molecule has 1 atom stereocenters. The van der Waals surface area contributed by atoms with E-state index in [1.807, 2.05) is 6.92 Å². The maximum Gasteiger partial charge on any atom is 0.324 e. The van der Waals surface area contributed by atoms with E-state index in [-0.39, 0.29) is 12.0 Å². The molecule has 1 rings (SSSR count). The average molecular weight is 298 g/mol. The maximum absolute atomic E-state index is 12.1. The summed E-state index contributed by atoms with van der Waals surface area (Å²) in [6.07, 6.45) is 7.52. The van der Waals surface area contributed by atoms with Crippen molar-refractivity contribution in [3.05, 3.63) is 0 Å². The van der Waals surface area contributed by atoms with Crippen molar-refractivity contribution in [1.82, 2.24) is 10.2 Å². The topological polar surface area (TPSA) is 41.6 Å². The average Bonchev–Trinajstić information content (AvgIpc) is 2.51. The van der Waals surface area contributed by atoms with E-state index < -0.39 is 0 Å². The predicted octanol–water partition coefficient (Wildman–Crippen LogP) is 2.82. The van der Waals surface area contributed by atoms with Crippen molar-refractivity contribution in [1.29, 1.82) is 0 Å². The summed E-state index contributed by atoms with van der Waals surface area (Å²) in [4.78, 5) is 14.4. The first kappa shape index (κ1) is 18.4. The van der Waals surface area contributed by atoms with Gasteiger partial charge < -0.3 is 15.0 Å². The third kappa shape index (κ3) is 6.35. The molecule has 4 nitrogen and oxygen atoms in total. The normalized spacial score (nSPS) is 24.0. The molecule has 4 heteroatoms. The fourth-order valence-electron chi connectivity index (χ4n) is 3.21. The Hall–Kier alpha value is -0.610. The number of carbonyl (C=O) groups excluding carboxylic acids is 1. The SMILES string of the molecule is CCCNC(CN(C)C1CCC(CC)CC1)C(=O)OCC. The zero-order chi connectivity index (χ0) is 15.7. The first-order valence-electron chi connectivity index (χ1n) is 8.72. The number of carbonyl (C=O) groups is 1. The largest absolute Gasteiger partial charge is 0.465 e. The second-order valence-corrected chi connectivity index (χ2v) is 6.28. The lowest BCUT2D eigenvalue weighted by Crippen LogP contribution is -2.49. The van der Waals surface area contributed by atoms with Crippen LogP contribution in [0.3, 0.4) is 0 Å². The maximum atomic E-state index is 12.1. The zero-order valence-electron chi connectivity index (χ0n) is 14.4. The van der Waals surface area contributed by atoms with E-state index in [4.69, 9.17) is 4.74 Å². The first-order chi connectivity index (χ1) is 10.1. The van der Waals surface area contributed by atoms with Gasteiger partial charge >= 0.3 is 5.97 Å². The summed E-state index contributed by atoms with van der Waals surface area (Å²) in [6, 6.07) is 0.423. The molecule has 0 saturated heterocycles. The van der Waals surface area contributed by atoms with Gasteiger partial charge in [0.2, 0.25) is 0 Å². The Kier molecular flexibility index (Phi) is 8.93. The van der Waals surface area contributed by atoms with Crippen LogP contribution in [0.15, 0.2) is 0 Å². The van der Waals surface area contributed by atoms with Crippen LogP contribution in [0.1, 0.15) is 59.3 Å². The number of hydrogen-bond acceptors (Lipinski definition) is 4. The Morgan fingerprint density at radius 1 is 1.24 bits per heavy atom. The molecule has 1 aliphatic carbocycles. The number of nitrogens with one attached hydrogen (secondary N) is 1. The molecule has 1 fully saturated rings.